The van der Waals surface area contributed by atoms with E-state index in [9.17, 15) is 0 Å². The Labute approximate surface area is 101 Å². The number of nitrogens with two attached hydrogens (primary N) is 1. The molecule has 5 heteroatoms. The smallest absolute Gasteiger partial charge is 0.0956 e. The highest BCUT2D eigenvalue weighted by atomic mass is 15.3. The standard InChI is InChI=1S/C12H19N5/c1-4-16-7-10(5-15-16)11-6-14-9-17(11)12(2,3)8-13/h5-7,9H,4,8,13H2,1-3H3. The molecule has 2 aromatic heterocycles. The minimum absolute atomic E-state index is 0.139. The van der Waals surface area contributed by atoms with Crippen molar-refractivity contribution < 1.29 is 0 Å². The quantitative estimate of drug-likeness (QED) is 0.869. The first-order chi connectivity index (χ1) is 8.08. The Morgan fingerprint density at radius 3 is 2.71 bits per heavy atom. The lowest BCUT2D eigenvalue weighted by Crippen LogP contribution is -2.34. The Bertz CT molecular complexity index is 494. The molecule has 0 aromatic carbocycles. The normalized spacial score (nSPS) is 12.0. The highest BCUT2D eigenvalue weighted by molar-refractivity contribution is 5.57. The van der Waals surface area contributed by atoms with Crippen LogP contribution in [-0.2, 0) is 12.1 Å². The monoisotopic (exact) mass is 233 g/mol. The lowest BCUT2D eigenvalue weighted by molar-refractivity contribution is 0.370. The highest BCUT2D eigenvalue weighted by Gasteiger charge is 2.21. The van der Waals surface area contributed by atoms with Gasteiger partial charge >= 0.3 is 0 Å². The predicted octanol–water partition coefficient (Wildman–Crippen LogP) is 1.46. The summed E-state index contributed by atoms with van der Waals surface area (Å²) < 4.78 is 4.01. The second kappa shape index (κ2) is 4.33. The third-order valence-electron chi connectivity index (χ3n) is 3.04. The number of rotatable bonds is 4. The van der Waals surface area contributed by atoms with Crippen molar-refractivity contribution in [1.29, 1.82) is 0 Å². The van der Waals surface area contributed by atoms with Gasteiger partial charge in [0.25, 0.3) is 0 Å². The van der Waals surface area contributed by atoms with Crippen LogP contribution < -0.4 is 5.73 Å². The van der Waals surface area contributed by atoms with Crippen LogP contribution in [0.1, 0.15) is 20.8 Å². The molecule has 2 N–H and O–H groups in total. The Balaban J connectivity index is 2.43. The van der Waals surface area contributed by atoms with Crippen molar-refractivity contribution >= 4 is 0 Å². The lowest BCUT2D eigenvalue weighted by Gasteiger charge is -2.26. The molecule has 0 saturated carbocycles. The molecule has 2 rings (SSSR count). The fraction of sp³-hybridized carbons (Fsp3) is 0.500. The zero-order valence-corrected chi connectivity index (χ0v) is 10.6. The fourth-order valence-electron chi connectivity index (χ4n) is 1.76. The van der Waals surface area contributed by atoms with Gasteiger partial charge in [0.1, 0.15) is 0 Å². The molecule has 5 nitrogen and oxygen atoms in total. The molecule has 17 heavy (non-hydrogen) atoms. The molecule has 2 heterocycles. The van der Waals surface area contributed by atoms with Crippen LogP contribution in [0.25, 0.3) is 11.3 Å². The van der Waals surface area contributed by atoms with E-state index < -0.39 is 0 Å². The molecule has 0 bridgehead atoms. The van der Waals surface area contributed by atoms with Crippen LogP contribution in [0, 0.1) is 0 Å². The number of hydrogen-bond donors (Lipinski definition) is 1. The third-order valence-corrected chi connectivity index (χ3v) is 3.04. The number of nitrogens with zero attached hydrogens (tertiary/aromatic N) is 4. The van der Waals surface area contributed by atoms with E-state index in [-0.39, 0.29) is 5.54 Å². The topological polar surface area (TPSA) is 61.7 Å². The van der Waals surface area contributed by atoms with Crippen molar-refractivity contribution in [3.05, 3.63) is 24.9 Å². The Hall–Kier alpha value is -1.62. The average Bonchev–Trinajstić information content (AvgIpc) is 2.97. The molecule has 2 aromatic rings. The molecule has 0 aliphatic carbocycles. The molecule has 92 valence electrons. The number of aromatic nitrogens is 4. The van der Waals surface area contributed by atoms with Crippen molar-refractivity contribution in [1.82, 2.24) is 19.3 Å². The van der Waals surface area contributed by atoms with Crippen molar-refractivity contribution in [2.75, 3.05) is 6.54 Å². The maximum atomic E-state index is 5.81. The van der Waals surface area contributed by atoms with Crippen molar-refractivity contribution in [2.24, 2.45) is 5.73 Å². The first-order valence-electron chi connectivity index (χ1n) is 5.84. The molecule has 0 spiro atoms. The molecule has 0 atom stereocenters. The van der Waals surface area contributed by atoms with Gasteiger partial charge < -0.3 is 10.3 Å². The Morgan fingerprint density at radius 2 is 2.12 bits per heavy atom. The molecule has 0 aliphatic heterocycles. The predicted molar refractivity (Wildman–Crippen MR) is 67.5 cm³/mol. The Morgan fingerprint density at radius 1 is 1.35 bits per heavy atom. The van der Waals surface area contributed by atoms with Gasteiger partial charge in [0.15, 0.2) is 0 Å². The van der Waals surface area contributed by atoms with Gasteiger partial charge in [0, 0.05) is 24.8 Å². The van der Waals surface area contributed by atoms with Crippen LogP contribution in [0.3, 0.4) is 0 Å². The summed E-state index contributed by atoms with van der Waals surface area (Å²) in [6.07, 6.45) is 7.57. The number of aryl methyl sites for hydroxylation is 1. The summed E-state index contributed by atoms with van der Waals surface area (Å²) in [7, 11) is 0. The van der Waals surface area contributed by atoms with E-state index in [2.05, 4.69) is 35.4 Å². The van der Waals surface area contributed by atoms with Crippen LogP contribution in [-0.4, -0.2) is 25.9 Å². The van der Waals surface area contributed by atoms with Crippen LogP contribution in [0.15, 0.2) is 24.9 Å². The maximum Gasteiger partial charge on any atom is 0.0956 e. The van der Waals surface area contributed by atoms with E-state index in [1.165, 1.54) is 0 Å². The van der Waals surface area contributed by atoms with Crippen molar-refractivity contribution in [3.8, 4) is 11.3 Å². The molecular formula is C12H19N5. The molecule has 0 aliphatic rings. The molecule has 0 radical (unpaired) electrons. The number of imidazole rings is 1. The summed E-state index contributed by atoms with van der Waals surface area (Å²) in [5.74, 6) is 0. The maximum absolute atomic E-state index is 5.81. The molecule has 0 unspecified atom stereocenters. The van der Waals surface area contributed by atoms with Crippen LogP contribution in [0.5, 0.6) is 0 Å². The van der Waals surface area contributed by atoms with E-state index in [0.29, 0.717) is 6.54 Å². The lowest BCUT2D eigenvalue weighted by atomic mass is 10.0. The summed E-state index contributed by atoms with van der Waals surface area (Å²) in [5.41, 5.74) is 7.80. The summed E-state index contributed by atoms with van der Waals surface area (Å²) in [6, 6.07) is 0. The van der Waals surface area contributed by atoms with Gasteiger partial charge in [-0.25, -0.2) is 4.98 Å². The van der Waals surface area contributed by atoms with Crippen molar-refractivity contribution in [2.45, 2.75) is 32.9 Å². The van der Waals surface area contributed by atoms with Crippen LogP contribution in [0.4, 0.5) is 0 Å². The van der Waals surface area contributed by atoms with Gasteiger partial charge in [-0.05, 0) is 20.8 Å². The Kier molecular flexibility index (Phi) is 3.02. The van der Waals surface area contributed by atoms with E-state index in [4.69, 9.17) is 5.73 Å². The molecular weight excluding hydrogens is 214 g/mol. The second-order valence-electron chi connectivity index (χ2n) is 4.75. The van der Waals surface area contributed by atoms with E-state index in [1.807, 2.05) is 29.6 Å². The molecule has 0 saturated heterocycles. The minimum Gasteiger partial charge on any atom is -0.328 e. The number of hydrogen-bond acceptors (Lipinski definition) is 3. The fourth-order valence-corrected chi connectivity index (χ4v) is 1.76. The minimum atomic E-state index is -0.139. The summed E-state index contributed by atoms with van der Waals surface area (Å²) in [4.78, 5) is 4.22. The first-order valence-corrected chi connectivity index (χ1v) is 5.84. The SMILES string of the molecule is CCn1cc(-c2cncn2C(C)(C)CN)cn1. The van der Waals surface area contributed by atoms with Gasteiger partial charge in [-0.2, -0.15) is 5.10 Å². The van der Waals surface area contributed by atoms with Gasteiger partial charge in [-0.15, -0.1) is 0 Å². The summed E-state index contributed by atoms with van der Waals surface area (Å²) in [5, 5.41) is 4.28. The van der Waals surface area contributed by atoms with E-state index in [0.717, 1.165) is 17.8 Å². The summed E-state index contributed by atoms with van der Waals surface area (Å²) >= 11 is 0. The zero-order chi connectivity index (χ0) is 12.5. The molecule has 0 fully saturated rings. The summed E-state index contributed by atoms with van der Waals surface area (Å²) in [6.45, 7) is 7.70. The van der Waals surface area contributed by atoms with E-state index >= 15 is 0 Å². The third kappa shape index (κ3) is 2.10. The zero-order valence-electron chi connectivity index (χ0n) is 10.6. The average molecular weight is 233 g/mol. The molecule has 0 amide bonds. The largest absolute Gasteiger partial charge is 0.328 e. The van der Waals surface area contributed by atoms with E-state index in [1.54, 1.807) is 0 Å². The first kappa shape index (κ1) is 11.9. The van der Waals surface area contributed by atoms with Crippen LogP contribution >= 0.6 is 0 Å². The van der Waals surface area contributed by atoms with Gasteiger partial charge in [-0.1, -0.05) is 0 Å². The van der Waals surface area contributed by atoms with Crippen LogP contribution in [0.2, 0.25) is 0 Å². The van der Waals surface area contributed by atoms with Gasteiger partial charge in [0.2, 0.25) is 0 Å². The highest BCUT2D eigenvalue weighted by Crippen LogP contribution is 2.24. The van der Waals surface area contributed by atoms with Gasteiger partial charge in [-0.3, -0.25) is 4.68 Å². The second-order valence-corrected chi connectivity index (χ2v) is 4.75. The van der Waals surface area contributed by atoms with Crippen molar-refractivity contribution in [3.63, 3.8) is 0 Å². The van der Waals surface area contributed by atoms with Gasteiger partial charge in [0.05, 0.1) is 30.0 Å².